The van der Waals surface area contributed by atoms with E-state index in [9.17, 15) is 32.9 Å². The second-order valence-corrected chi connectivity index (χ2v) is 8.25. The lowest BCUT2D eigenvalue weighted by atomic mass is 10.1. The Balaban J connectivity index is 1.94. The van der Waals surface area contributed by atoms with Gasteiger partial charge in [-0.1, -0.05) is 40.9 Å². The molecule has 0 spiro atoms. The molecule has 0 saturated carbocycles. The number of esters is 1. The van der Waals surface area contributed by atoms with E-state index in [4.69, 9.17) is 39.5 Å². The zero-order valence-electron chi connectivity index (χ0n) is 17.2. The zero-order chi connectivity index (χ0) is 25.9. The summed E-state index contributed by atoms with van der Waals surface area (Å²) in [6, 6.07) is 9.55. The number of nitro benzene ring substituents is 1. The van der Waals surface area contributed by atoms with E-state index >= 15 is 0 Å². The summed E-state index contributed by atoms with van der Waals surface area (Å²) in [5.74, 6) is -2.78. The fraction of sp³-hybridized carbons (Fsp3) is 0.0909. The smallest absolute Gasteiger partial charge is 0.416 e. The molecule has 0 aromatic heterocycles. The van der Waals surface area contributed by atoms with Crippen LogP contribution in [0.15, 0.2) is 54.6 Å². The molecule has 0 radical (unpaired) electrons. The van der Waals surface area contributed by atoms with Crippen molar-refractivity contribution in [2.45, 2.75) is 12.6 Å². The van der Waals surface area contributed by atoms with Crippen LogP contribution in [-0.2, 0) is 17.4 Å². The van der Waals surface area contributed by atoms with Crippen LogP contribution in [0, 0.1) is 10.1 Å². The molecular weight excluding hydrogens is 536 g/mol. The number of nitrogens with zero attached hydrogens (tertiary/aromatic N) is 1. The molecule has 3 aromatic rings. The van der Waals surface area contributed by atoms with Crippen LogP contribution < -0.4 is 10.1 Å². The summed E-state index contributed by atoms with van der Waals surface area (Å²) in [6.07, 6.45) is -5.24. The van der Waals surface area contributed by atoms with Crippen molar-refractivity contribution in [3.05, 3.63) is 96.5 Å². The van der Waals surface area contributed by atoms with Gasteiger partial charge in [0, 0.05) is 21.1 Å². The first-order valence-corrected chi connectivity index (χ1v) is 10.6. The lowest BCUT2D eigenvalue weighted by Gasteiger charge is -2.14. The predicted octanol–water partition coefficient (Wildman–Crippen LogP) is 6.97. The van der Waals surface area contributed by atoms with E-state index in [2.05, 4.69) is 5.32 Å². The van der Waals surface area contributed by atoms with Crippen molar-refractivity contribution in [3.8, 4) is 5.75 Å². The molecule has 0 bridgehead atoms. The molecule has 7 nitrogen and oxygen atoms in total. The molecule has 182 valence electrons. The van der Waals surface area contributed by atoms with Crippen molar-refractivity contribution in [1.29, 1.82) is 0 Å². The molecule has 0 fully saturated rings. The molecule has 0 aliphatic carbocycles. The standard InChI is InChI=1S/C22H12Cl3F3N2O5/c23-13-3-1-11(16(25)9-13)7-20(31)35-19-8-12(22(26,27)28)2-5-15(19)21(32)29-17-6-4-14(24)10-18(17)30(33)34/h1-6,8-10H,7H2,(H,29,32). The maximum Gasteiger partial charge on any atom is 0.416 e. The summed E-state index contributed by atoms with van der Waals surface area (Å²) in [5, 5.41) is 14.0. The largest absolute Gasteiger partial charge is 0.425 e. The number of halogens is 6. The van der Waals surface area contributed by atoms with Crippen LogP contribution in [0.25, 0.3) is 0 Å². The highest BCUT2D eigenvalue weighted by molar-refractivity contribution is 6.35. The lowest BCUT2D eigenvalue weighted by molar-refractivity contribution is -0.383. The molecule has 1 N–H and O–H groups in total. The van der Waals surface area contributed by atoms with Crippen molar-refractivity contribution < 1.29 is 32.4 Å². The minimum Gasteiger partial charge on any atom is -0.425 e. The van der Waals surface area contributed by atoms with Gasteiger partial charge in [-0.3, -0.25) is 19.7 Å². The maximum atomic E-state index is 13.2. The first-order chi connectivity index (χ1) is 16.3. The van der Waals surface area contributed by atoms with Gasteiger partial charge in [-0.25, -0.2) is 0 Å². The summed E-state index contributed by atoms with van der Waals surface area (Å²) < 4.78 is 44.8. The van der Waals surface area contributed by atoms with Gasteiger partial charge in [-0.2, -0.15) is 13.2 Å². The third-order valence-corrected chi connectivity index (χ3v) is 5.35. The van der Waals surface area contributed by atoms with Gasteiger partial charge in [-0.15, -0.1) is 0 Å². The second-order valence-electron chi connectivity index (χ2n) is 6.97. The number of amides is 1. The Kier molecular flexibility index (Phi) is 7.89. The molecular formula is C22H12Cl3F3N2O5. The summed E-state index contributed by atoms with van der Waals surface area (Å²) in [4.78, 5) is 35.7. The van der Waals surface area contributed by atoms with Crippen molar-refractivity contribution in [2.75, 3.05) is 5.32 Å². The highest BCUT2D eigenvalue weighted by atomic mass is 35.5. The summed E-state index contributed by atoms with van der Waals surface area (Å²) in [7, 11) is 0. The average molecular weight is 548 g/mol. The zero-order valence-corrected chi connectivity index (χ0v) is 19.4. The van der Waals surface area contributed by atoms with Crippen molar-refractivity contribution >= 4 is 58.1 Å². The number of hydrogen-bond donors (Lipinski definition) is 1. The molecule has 3 aromatic carbocycles. The van der Waals surface area contributed by atoms with Gasteiger partial charge in [-0.05, 0) is 48.0 Å². The third-order valence-electron chi connectivity index (χ3n) is 4.53. The Bertz CT molecular complexity index is 1330. The molecule has 3 rings (SSSR count). The fourth-order valence-electron chi connectivity index (χ4n) is 2.90. The number of anilines is 1. The van der Waals surface area contributed by atoms with Crippen LogP contribution in [0.1, 0.15) is 21.5 Å². The highest BCUT2D eigenvalue weighted by Crippen LogP contribution is 2.35. The topological polar surface area (TPSA) is 98.5 Å². The van der Waals surface area contributed by atoms with Gasteiger partial charge in [0.05, 0.1) is 22.5 Å². The number of ether oxygens (including phenoxy) is 1. The van der Waals surface area contributed by atoms with E-state index in [1.165, 1.54) is 24.3 Å². The Morgan fingerprint density at radius 1 is 0.971 bits per heavy atom. The molecule has 0 saturated heterocycles. The van der Waals surface area contributed by atoms with Crippen LogP contribution in [0.2, 0.25) is 15.1 Å². The van der Waals surface area contributed by atoms with Gasteiger partial charge in [0.25, 0.3) is 11.6 Å². The van der Waals surface area contributed by atoms with E-state index < -0.39 is 52.0 Å². The van der Waals surface area contributed by atoms with Gasteiger partial charge in [0.2, 0.25) is 0 Å². The summed E-state index contributed by atoms with van der Waals surface area (Å²) >= 11 is 17.6. The SMILES string of the molecule is O=C(Cc1ccc(Cl)cc1Cl)Oc1cc(C(F)(F)F)ccc1C(=O)Nc1ccc(Cl)cc1[N+](=O)[O-]. The van der Waals surface area contributed by atoms with E-state index in [-0.39, 0.29) is 21.3 Å². The molecule has 0 unspecified atom stereocenters. The quantitative estimate of drug-likeness (QED) is 0.155. The Hall–Kier alpha value is -3.34. The maximum absolute atomic E-state index is 13.2. The number of nitro groups is 1. The van der Waals surface area contributed by atoms with E-state index in [0.29, 0.717) is 17.2 Å². The van der Waals surface area contributed by atoms with E-state index in [0.717, 1.165) is 18.2 Å². The summed E-state index contributed by atoms with van der Waals surface area (Å²) in [5.41, 5.74) is -2.18. The van der Waals surface area contributed by atoms with Crippen LogP contribution in [0.5, 0.6) is 5.75 Å². The number of carbonyl (C=O) groups is 2. The molecule has 0 atom stereocenters. The highest BCUT2D eigenvalue weighted by Gasteiger charge is 2.32. The number of carbonyl (C=O) groups excluding carboxylic acids is 2. The molecule has 0 aliphatic heterocycles. The van der Waals surface area contributed by atoms with Crippen molar-refractivity contribution in [2.24, 2.45) is 0 Å². The minimum absolute atomic E-state index is 0.0275. The van der Waals surface area contributed by atoms with Gasteiger partial charge < -0.3 is 10.1 Å². The van der Waals surface area contributed by atoms with Gasteiger partial charge in [0.1, 0.15) is 11.4 Å². The molecule has 0 aliphatic rings. The Morgan fingerprint density at radius 3 is 2.26 bits per heavy atom. The number of hydrogen-bond acceptors (Lipinski definition) is 5. The first kappa shape index (κ1) is 26.3. The number of rotatable bonds is 6. The molecule has 35 heavy (non-hydrogen) atoms. The first-order valence-electron chi connectivity index (χ1n) is 9.46. The van der Waals surface area contributed by atoms with Crippen molar-refractivity contribution in [3.63, 3.8) is 0 Å². The third kappa shape index (κ3) is 6.62. The lowest BCUT2D eigenvalue weighted by Crippen LogP contribution is -2.19. The van der Waals surface area contributed by atoms with Crippen LogP contribution in [0.4, 0.5) is 24.5 Å². The van der Waals surface area contributed by atoms with Crippen LogP contribution in [0.3, 0.4) is 0 Å². The van der Waals surface area contributed by atoms with E-state index in [1.807, 2.05) is 0 Å². The summed E-state index contributed by atoms with van der Waals surface area (Å²) in [6.45, 7) is 0. The van der Waals surface area contributed by atoms with Crippen molar-refractivity contribution in [1.82, 2.24) is 0 Å². The second kappa shape index (κ2) is 10.5. The minimum atomic E-state index is -4.80. The number of benzene rings is 3. The van der Waals surface area contributed by atoms with Crippen LogP contribution in [-0.4, -0.2) is 16.8 Å². The Morgan fingerprint density at radius 2 is 1.63 bits per heavy atom. The monoisotopic (exact) mass is 546 g/mol. The fourth-order valence-corrected chi connectivity index (χ4v) is 3.54. The normalized spacial score (nSPS) is 11.1. The predicted molar refractivity (Wildman–Crippen MR) is 123 cm³/mol. The average Bonchev–Trinajstić information content (AvgIpc) is 2.76. The molecule has 1 amide bonds. The molecule has 13 heteroatoms. The van der Waals surface area contributed by atoms with Crippen LogP contribution >= 0.6 is 34.8 Å². The number of alkyl halides is 3. The van der Waals surface area contributed by atoms with Gasteiger partial charge in [0.15, 0.2) is 0 Å². The molecule has 0 heterocycles. The Labute approximate surface area is 210 Å². The number of nitrogens with one attached hydrogen (secondary N) is 1. The van der Waals surface area contributed by atoms with E-state index in [1.54, 1.807) is 0 Å². The van der Waals surface area contributed by atoms with Gasteiger partial charge >= 0.3 is 12.1 Å².